The highest BCUT2D eigenvalue weighted by Gasteiger charge is 2.12. The van der Waals surface area contributed by atoms with Gasteiger partial charge in [0, 0.05) is 23.7 Å². The Labute approximate surface area is 106 Å². The summed E-state index contributed by atoms with van der Waals surface area (Å²) in [6.45, 7) is 2.12. The third-order valence-electron chi connectivity index (χ3n) is 2.97. The smallest absolute Gasteiger partial charge is 0.0434 e. The van der Waals surface area contributed by atoms with Crippen molar-refractivity contribution < 1.29 is 0 Å². The molecule has 2 nitrogen and oxygen atoms in total. The van der Waals surface area contributed by atoms with Crippen molar-refractivity contribution in [1.29, 1.82) is 0 Å². The average molecular weight is 246 g/mol. The summed E-state index contributed by atoms with van der Waals surface area (Å²) in [5.74, 6) is 0. The predicted octanol–water partition coefficient (Wildman–Crippen LogP) is 3.34. The molecule has 0 aliphatic heterocycles. The van der Waals surface area contributed by atoms with Crippen molar-refractivity contribution in [1.82, 2.24) is 0 Å². The minimum absolute atomic E-state index is 0.0875. The number of para-hydroxylation sites is 1. The number of nitrogens with two attached hydrogens (primary N) is 1. The summed E-state index contributed by atoms with van der Waals surface area (Å²) in [5, 5.41) is 5.31. The molecule has 2 rings (SSSR count). The Kier molecular flexibility index (Phi) is 3.82. The highest BCUT2D eigenvalue weighted by atomic mass is 32.1. The molecular weight excluding hydrogens is 228 g/mol. The van der Waals surface area contributed by atoms with Crippen molar-refractivity contribution in [3.8, 4) is 0 Å². The lowest BCUT2D eigenvalue weighted by Gasteiger charge is -2.14. The molecule has 3 N–H and O–H groups in total. The Morgan fingerprint density at radius 1 is 1.29 bits per heavy atom. The van der Waals surface area contributed by atoms with Crippen LogP contribution in [0, 0.1) is 6.92 Å². The molecular formula is C14H18N2S. The lowest BCUT2D eigenvalue weighted by molar-refractivity contribution is 0.733. The van der Waals surface area contributed by atoms with Crippen LogP contribution in [0.4, 0.5) is 5.69 Å². The summed E-state index contributed by atoms with van der Waals surface area (Å²) >= 11 is 1.74. The molecule has 0 bridgehead atoms. The summed E-state index contributed by atoms with van der Waals surface area (Å²) < 4.78 is 0. The highest BCUT2D eigenvalue weighted by molar-refractivity contribution is 7.10. The van der Waals surface area contributed by atoms with Gasteiger partial charge in [-0.25, -0.2) is 0 Å². The SMILES string of the molecule is CNc1ccccc1CC(N)c1sccc1C. The topological polar surface area (TPSA) is 38.0 Å². The third kappa shape index (κ3) is 2.68. The lowest BCUT2D eigenvalue weighted by Crippen LogP contribution is -2.13. The van der Waals surface area contributed by atoms with Crippen molar-refractivity contribution in [2.45, 2.75) is 19.4 Å². The Morgan fingerprint density at radius 2 is 2.06 bits per heavy atom. The van der Waals surface area contributed by atoms with Gasteiger partial charge in [-0.1, -0.05) is 18.2 Å². The van der Waals surface area contributed by atoms with E-state index >= 15 is 0 Å². The Balaban J connectivity index is 2.18. The second-order valence-corrected chi connectivity index (χ2v) is 5.13. The molecule has 0 saturated carbocycles. The van der Waals surface area contributed by atoms with Crippen molar-refractivity contribution in [3.05, 3.63) is 51.7 Å². The predicted molar refractivity (Wildman–Crippen MR) is 75.7 cm³/mol. The molecule has 17 heavy (non-hydrogen) atoms. The summed E-state index contributed by atoms with van der Waals surface area (Å²) in [6, 6.07) is 10.5. The number of benzene rings is 1. The second kappa shape index (κ2) is 5.34. The van der Waals surface area contributed by atoms with Gasteiger partial charge in [0.25, 0.3) is 0 Å². The van der Waals surface area contributed by atoms with E-state index in [-0.39, 0.29) is 6.04 Å². The van der Waals surface area contributed by atoms with Gasteiger partial charge in [0.2, 0.25) is 0 Å². The summed E-state index contributed by atoms with van der Waals surface area (Å²) in [6.07, 6.45) is 0.873. The fourth-order valence-corrected chi connectivity index (χ4v) is 2.97. The minimum atomic E-state index is 0.0875. The second-order valence-electron chi connectivity index (χ2n) is 4.19. The van der Waals surface area contributed by atoms with Crippen molar-refractivity contribution >= 4 is 17.0 Å². The van der Waals surface area contributed by atoms with Crippen LogP contribution in [0.15, 0.2) is 35.7 Å². The standard InChI is InChI=1S/C14H18N2S/c1-10-7-8-17-14(10)12(15)9-11-5-3-4-6-13(11)16-2/h3-8,12,16H,9,15H2,1-2H3. The molecule has 0 amide bonds. The van der Waals surface area contributed by atoms with Crippen LogP contribution in [0.3, 0.4) is 0 Å². The van der Waals surface area contributed by atoms with Crippen molar-refractivity contribution in [2.24, 2.45) is 5.73 Å². The number of nitrogens with one attached hydrogen (secondary N) is 1. The van der Waals surface area contributed by atoms with E-state index in [1.54, 1.807) is 11.3 Å². The zero-order valence-corrected chi connectivity index (χ0v) is 11.1. The number of hydrogen-bond donors (Lipinski definition) is 2. The fourth-order valence-electron chi connectivity index (χ4n) is 2.04. The number of anilines is 1. The Hall–Kier alpha value is -1.32. The van der Waals surface area contributed by atoms with E-state index in [2.05, 4.69) is 41.9 Å². The van der Waals surface area contributed by atoms with E-state index in [1.807, 2.05) is 13.1 Å². The van der Waals surface area contributed by atoms with Crippen LogP contribution < -0.4 is 11.1 Å². The Morgan fingerprint density at radius 3 is 2.71 bits per heavy atom. The first-order chi connectivity index (χ1) is 8.22. The summed E-state index contributed by atoms with van der Waals surface area (Å²) in [5.41, 5.74) is 10.0. The van der Waals surface area contributed by atoms with Gasteiger partial charge in [-0.3, -0.25) is 0 Å². The molecule has 90 valence electrons. The van der Waals surface area contributed by atoms with Gasteiger partial charge in [-0.2, -0.15) is 0 Å². The first-order valence-electron chi connectivity index (χ1n) is 5.77. The van der Waals surface area contributed by atoms with E-state index in [0.29, 0.717) is 0 Å². The van der Waals surface area contributed by atoms with Crippen molar-refractivity contribution in [3.63, 3.8) is 0 Å². The van der Waals surface area contributed by atoms with E-state index in [4.69, 9.17) is 5.73 Å². The number of hydrogen-bond acceptors (Lipinski definition) is 3. The van der Waals surface area contributed by atoms with Crippen LogP contribution in [0.25, 0.3) is 0 Å². The molecule has 0 aliphatic carbocycles. The number of thiophene rings is 1. The zero-order valence-electron chi connectivity index (χ0n) is 10.2. The van der Waals surface area contributed by atoms with Gasteiger partial charge >= 0.3 is 0 Å². The van der Waals surface area contributed by atoms with Crippen LogP contribution in [-0.2, 0) is 6.42 Å². The van der Waals surface area contributed by atoms with Gasteiger partial charge < -0.3 is 11.1 Å². The van der Waals surface area contributed by atoms with Gasteiger partial charge in [-0.05, 0) is 42.0 Å². The maximum Gasteiger partial charge on any atom is 0.0434 e. The minimum Gasteiger partial charge on any atom is -0.388 e. The average Bonchev–Trinajstić information content (AvgIpc) is 2.76. The third-order valence-corrected chi connectivity index (χ3v) is 4.12. The number of rotatable bonds is 4. The molecule has 0 spiro atoms. The first kappa shape index (κ1) is 12.1. The molecule has 2 aromatic rings. The van der Waals surface area contributed by atoms with Gasteiger partial charge in [-0.15, -0.1) is 11.3 Å². The monoisotopic (exact) mass is 246 g/mol. The summed E-state index contributed by atoms with van der Waals surface area (Å²) in [4.78, 5) is 1.29. The van der Waals surface area contributed by atoms with E-state index < -0.39 is 0 Å². The van der Waals surface area contributed by atoms with Gasteiger partial charge in [0.15, 0.2) is 0 Å². The zero-order chi connectivity index (χ0) is 12.3. The molecule has 0 fully saturated rings. The normalized spacial score (nSPS) is 12.4. The van der Waals surface area contributed by atoms with Crippen LogP contribution in [0.2, 0.25) is 0 Å². The fraction of sp³-hybridized carbons (Fsp3) is 0.286. The maximum absolute atomic E-state index is 6.28. The molecule has 1 aromatic carbocycles. The molecule has 1 unspecified atom stereocenters. The Bertz CT molecular complexity index is 490. The molecule has 1 aromatic heterocycles. The molecule has 0 saturated heterocycles. The molecule has 3 heteroatoms. The quantitative estimate of drug-likeness (QED) is 0.868. The summed E-state index contributed by atoms with van der Waals surface area (Å²) in [7, 11) is 1.95. The molecule has 0 aliphatic rings. The van der Waals surface area contributed by atoms with Gasteiger partial charge in [0.05, 0.1) is 0 Å². The van der Waals surface area contributed by atoms with Crippen molar-refractivity contribution in [2.75, 3.05) is 12.4 Å². The largest absolute Gasteiger partial charge is 0.388 e. The van der Waals surface area contributed by atoms with E-state index in [9.17, 15) is 0 Å². The van der Waals surface area contributed by atoms with Crippen LogP contribution in [-0.4, -0.2) is 7.05 Å². The lowest BCUT2D eigenvalue weighted by atomic mass is 10.0. The molecule has 1 heterocycles. The highest BCUT2D eigenvalue weighted by Crippen LogP contribution is 2.27. The van der Waals surface area contributed by atoms with Crippen LogP contribution in [0.5, 0.6) is 0 Å². The molecule has 1 atom stereocenters. The van der Waals surface area contributed by atoms with E-state index in [0.717, 1.165) is 12.1 Å². The van der Waals surface area contributed by atoms with E-state index in [1.165, 1.54) is 16.0 Å². The first-order valence-corrected chi connectivity index (χ1v) is 6.65. The van der Waals surface area contributed by atoms with Crippen LogP contribution >= 0.6 is 11.3 Å². The maximum atomic E-state index is 6.28. The van der Waals surface area contributed by atoms with Gasteiger partial charge in [0.1, 0.15) is 0 Å². The van der Waals surface area contributed by atoms with Crippen LogP contribution in [0.1, 0.15) is 22.0 Å². The molecule has 0 radical (unpaired) electrons. The number of aryl methyl sites for hydroxylation is 1.